The number of hydrogen-bond donors (Lipinski definition) is 3. The van der Waals surface area contributed by atoms with Crippen molar-refractivity contribution in [2.24, 2.45) is 0 Å². The molecule has 1 aromatic heterocycles. The number of carbonyl (C=O) groups excluding carboxylic acids is 1. The second kappa shape index (κ2) is 7.56. The van der Waals surface area contributed by atoms with Crippen molar-refractivity contribution in [2.75, 3.05) is 6.61 Å². The zero-order chi connectivity index (χ0) is 15.9. The van der Waals surface area contributed by atoms with E-state index in [0.717, 1.165) is 5.56 Å². The Morgan fingerprint density at radius 3 is 2.68 bits per heavy atom. The monoisotopic (exact) mass is 304 g/mol. The van der Waals surface area contributed by atoms with Gasteiger partial charge in [0.1, 0.15) is 0 Å². The highest BCUT2D eigenvalue weighted by molar-refractivity contribution is 5.74. The van der Waals surface area contributed by atoms with Crippen molar-refractivity contribution < 1.29 is 14.4 Å². The first-order chi connectivity index (χ1) is 10.6. The average molecular weight is 304 g/mol. The van der Waals surface area contributed by atoms with Gasteiger partial charge in [0.05, 0.1) is 25.1 Å². The summed E-state index contributed by atoms with van der Waals surface area (Å²) in [6.07, 6.45) is 0.550. The summed E-state index contributed by atoms with van der Waals surface area (Å²) in [5, 5.41) is 18.1. The number of aliphatic hydroxyl groups excluding tert-OH is 1. The Morgan fingerprint density at radius 2 is 2.00 bits per heavy atom. The molecule has 7 heteroatoms. The van der Waals surface area contributed by atoms with Crippen LogP contribution in [0.3, 0.4) is 0 Å². The standard InChI is InChI=1S/C15H20N4O3/c1-10(9-20)16-15(21)17-11(2)14-18-13(22-19-14)8-12-6-4-3-5-7-12/h3-7,10-11,20H,8-9H2,1-2H3,(H2,16,17,21). The zero-order valence-electron chi connectivity index (χ0n) is 12.6. The first-order valence-corrected chi connectivity index (χ1v) is 7.12. The molecule has 2 aromatic rings. The average Bonchev–Trinajstić information content (AvgIpc) is 2.96. The summed E-state index contributed by atoms with van der Waals surface area (Å²) in [5.74, 6) is 0.914. The molecule has 2 atom stereocenters. The number of rotatable bonds is 6. The maximum absolute atomic E-state index is 11.7. The van der Waals surface area contributed by atoms with Crippen molar-refractivity contribution >= 4 is 6.03 Å². The van der Waals surface area contributed by atoms with Crippen LogP contribution in [0.5, 0.6) is 0 Å². The van der Waals surface area contributed by atoms with Gasteiger partial charge >= 0.3 is 6.03 Å². The van der Waals surface area contributed by atoms with E-state index in [-0.39, 0.29) is 24.7 Å². The molecule has 22 heavy (non-hydrogen) atoms. The lowest BCUT2D eigenvalue weighted by molar-refractivity contribution is 0.217. The van der Waals surface area contributed by atoms with Crippen molar-refractivity contribution in [1.82, 2.24) is 20.8 Å². The fourth-order valence-corrected chi connectivity index (χ4v) is 1.86. The van der Waals surface area contributed by atoms with Gasteiger partial charge in [-0.1, -0.05) is 35.5 Å². The van der Waals surface area contributed by atoms with E-state index in [1.807, 2.05) is 30.3 Å². The molecule has 2 amide bonds. The van der Waals surface area contributed by atoms with Crippen molar-refractivity contribution in [2.45, 2.75) is 32.4 Å². The van der Waals surface area contributed by atoms with E-state index in [9.17, 15) is 4.79 Å². The Balaban J connectivity index is 1.91. The van der Waals surface area contributed by atoms with Gasteiger partial charge in [0, 0.05) is 0 Å². The Hall–Kier alpha value is -2.41. The minimum atomic E-state index is -0.390. The van der Waals surface area contributed by atoms with Gasteiger partial charge in [0.2, 0.25) is 5.89 Å². The van der Waals surface area contributed by atoms with Gasteiger partial charge in [0.25, 0.3) is 0 Å². The van der Waals surface area contributed by atoms with E-state index in [1.165, 1.54) is 0 Å². The lowest BCUT2D eigenvalue weighted by atomic mass is 10.1. The van der Waals surface area contributed by atoms with Gasteiger partial charge in [-0.05, 0) is 19.4 Å². The first-order valence-electron chi connectivity index (χ1n) is 7.12. The molecular weight excluding hydrogens is 284 g/mol. The van der Waals surface area contributed by atoms with Gasteiger partial charge in [-0.25, -0.2) is 4.79 Å². The second-order valence-electron chi connectivity index (χ2n) is 5.13. The van der Waals surface area contributed by atoms with E-state index in [1.54, 1.807) is 13.8 Å². The maximum Gasteiger partial charge on any atom is 0.315 e. The highest BCUT2D eigenvalue weighted by atomic mass is 16.5. The molecule has 7 nitrogen and oxygen atoms in total. The van der Waals surface area contributed by atoms with Crippen LogP contribution in [0.2, 0.25) is 0 Å². The third kappa shape index (κ3) is 4.56. The van der Waals surface area contributed by atoms with E-state index in [0.29, 0.717) is 18.1 Å². The molecule has 0 spiro atoms. The first kappa shape index (κ1) is 16.0. The number of aliphatic hydroxyl groups is 1. The smallest absolute Gasteiger partial charge is 0.315 e. The van der Waals surface area contributed by atoms with E-state index >= 15 is 0 Å². The number of urea groups is 1. The summed E-state index contributed by atoms with van der Waals surface area (Å²) in [4.78, 5) is 16.0. The van der Waals surface area contributed by atoms with Crippen LogP contribution >= 0.6 is 0 Å². The van der Waals surface area contributed by atoms with Crippen molar-refractivity contribution in [3.8, 4) is 0 Å². The van der Waals surface area contributed by atoms with E-state index < -0.39 is 0 Å². The molecule has 2 rings (SSSR count). The van der Waals surface area contributed by atoms with Crippen LogP contribution in [0.15, 0.2) is 34.9 Å². The lowest BCUT2D eigenvalue weighted by Gasteiger charge is -2.14. The van der Waals surface area contributed by atoms with Gasteiger partial charge in [-0.2, -0.15) is 4.98 Å². The van der Waals surface area contributed by atoms with Crippen LogP contribution in [0.25, 0.3) is 0 Å². The fraction of sp³-hybridized carbons (Fsp3) is 0.400. The molecule has 1 aromatic carbocycles. The number of benzene rings is 1. The van der Waals surface area contributed by atoms with Crippen LogP contribution in [0.4, 0.5) is 4.79 Å². The van der Waals surface area contributed by atoms with Crippen LogP contribution in [-0.2, 0) is 6.42 Å². The normalized spacial score (nSPS) is 13.4. The molecule has 118 valence electrons. The van der Waals surface area contributed by atoms with Gasteiger partial charge in [-0.15, -0.1) is 0 Å². The number of nitrogens with one attached hydrogen (secondary N) is 2. The summed E-state index contributed by atoms with van der Waals surface area (Å²) in [5.41, 5.74) is 1.08. The molecule has 0 bridgehead atoms. The highest BCUT2D eigenvalue weighted by Crippen LogP contribution is 2.11. The van der Waals surface area contributed by atoms with Crippen LogP contribution in [-0.4, -0.2) is 33.9 Å². The minimum Gasteiger partial charge on any atom is -0.394 e. The van der Waals surface area contributed by atoms with Gasteiger partial charge in [0.15, 0.2) is 5.82 Å². The molecule has 3 N–H and O–H groups in total. The zero-order valence-corrected chi connectivity index (χ0v) is 12.6. The highest BCUT2D eigenvalue weighted by Gasteiger charge is 2.17. The molecule has 0 fully saturated rings. The molecule has 0 aliphatic rings. The van der Waals surface area contributed by atoms with Gasteiger partial charge < -0.3 is 20.3 Å². The predicted octanol–water partition coefficient (Wildman–Crippen LogP) is 1.40. The summed E-state index contributed by atoms with van der Waals surface area (Å²) in [6, 6.07) is 8.71. The van der Waals surface area contributed by atoms with Crippen LogP contribution in [0, 0.1) is 0 Å². The molecule has 0 aliphatic carbocycles. The largest absolute Gasteiger partial charge is 0.394 e. The fourth-order valence-electron chi connectivity index (χ4n) is 1.86. The lowest BCUT2D eigenvalue weighted by Crippen LogP contribution is -2.43. The Bertz CT molecular complexity index is 600. The molecule has 0 saturated carbocycles. The van der Waals surface area contributed by atoms with E-state index in [4.69, 9.17) is 9.63 Å². The number of amides is 2. The third-order valence-corrected chi connectivity index (χ3v) is 3.07. The second-order valence-corrected chi connectivity index (χ2v) is 5.13. The van der Waals surface area contributed by atoms with E-state index in [2.05, 4.69) is 20.8 Å². The number of carbonyl (C=O) groups is 1. The number of hydrogen-bond acceptors (Lipinski definition) is 5. The molecule has 0 saturated heterocycles. The molecular formula is C15H20N4O3. The maximum atomic E-state index is 11.7. The molecule has 2 unspecified atom stereocenters. The van der Waals surface area contributed by atoms with Crippen LogP contribution in [0.1, 0.15) is 37.2 Å². The SMILES string of the molecule is CC(CO)NC(=O)NC(C)c1noc(Cc2ccccc2)n1. The molecule has 0 radical (unpaired) electrons. The van der Waals surface area contributed by atoms with Gasteiger partial charge in [-0.3, -0.25) is 0 Å². The molecule has 0 aliphatic heterocycles. The predicted molar refractivity (Wildman–Crippen MR) is 80.2 cm³/mol. The van der Waals surface area contributed by atoms with Crippen LogP contribution < -0.4 is 10.6 Å². The Labute approximate surface area is 128 Å². The quantitative estimate of drug-likeness (QED) is 0.749. The van der Waals surface area contributed by atoms with Crippen molar-refractivity contribution in [3.05, 3.63) is 47.6 Å². The summed E-state index contributed by atoms with van der Waals surface area (Å²) >= 11 is 0. The third-order valence-electron chi connectivity index (χ3n) is 3.07. The molecule has 1 heterocycles. The minimum absolute atomic E-state index is 0.120. The van der Waals surface area contributed by atoms with Crippen molar-refractivity contribution in [1.29, 1.82) is 0 Å². The summed E-state index contributed by atoms with van der Waals surface area (Å²) < 4.78 is 5.20. The Kier molecular flexibility index (Phi) is 5.48. The summed E-state index contributed by atoms with van der Waals surface area (Å²) in [6.45, 7) is 3.35. The number of nitrogens with zero attached hydrogens (tertiary/aromatic N) is 2. The Morgan fingerprint density at radius 1 is 1.27 bits per heavy atom. The topological polar surface area (TPSA) is 100 Å². The number of aromatic nitrogens is 2. The summed E-state index contributed by atoms with van der Waals surface area (Å²) in [7, 11) is 0. The van der Waals surface area contributed by atoms with Crippen molar-refractivity contribution in [3.63, 3.8) is 0 Å².